The molecule has 0 aliphatic carbocycles. The summed E-state index contributed by atoms with van der Waals surface area (Å²) in [6, 6.07) is 3.84. The number of methoxy groups -OCH3 is 1. The van der Waals surface area contributed by atoms with Crippen LogP contribution in [0.5, 0.6) is 5.75 Å². The van der Waals surface area contributed by atoms with Crippen LogP contribution in [0.3, 0.4) is 0 Å². The van der Waals surface area contributed by atoms with Crippen molar-refractivity contribution in [1.29, 1.82) is 0 Å². The van der Waals surface area contributed by atoms with Crippen molar-refractivity contribution in [3.63, 3.8) is 0 Å². The summed E-state index contributed by atoms with van der Waals surface area (Å²) >= 11 is 0. The smallest absolute Gasteiger partial charge is 0.416 e. The first-order chi connectivity index (χ1) is 14.0. The summed E-state index contributed by atoms with van der Waals surface area (Å²) in [7, 11) is 1.53. The van der Waals surface area contributed by atoms with Gasteiger partial charge in [0.1, 0.15) is 11.4 Å². The second-order valence-corrected chi connectivity index (χ2v) is 7.42. The first-order valence-corrected chi connectivity index (χ1v) is 9.63. The standard InChI is InChI=1S/C20H31F3N4O3.HI/c1-6-24-18(27-13-17(28)25-9-10-29-5)26-12-14-7-8-15(30-19(2,3)4)11-16(14)20(21,22)23;/h7-8,11H,6,9-10,12-13H2,1-5H3,(H,25,28)(H2,24,26,27);1H. The van der Waals surface area contributed by atoms with Gasteiger partial charge in [-0.2, -0.15) is 13.2 Å². The van der Waals surface area contributed by atoms with Gasteiger partial charge in [0.05, 0.1) is 25.3 Å². The van der Waals surface area contributed by atoms with Gasteiger partial charge in [-0.15, -0.1) is 24.0 Å². The van der Waals surface area contributed by atoms with E-state index in [0.717, 1.165) is 6.07 Å². The number of rotatable bonds is 9. The lowest BCUT2D eigenvalue weighted by molar-refractivity contribution is -0.138. The van der Waals surface area contributed by atoms with E-state index in [-0.39, 0.29) is 60.2 Å². The molecule has 0 aliphatic rings. The number of alkyl halides is 3. The largest absolute Gasteiger partial charge is 0.488 e. The topological polar surface area (TPSA) is 84.0 Å². The van der Waals surface area contributed by atoms with Crippen molar-refractivity contribution >= 4 is 35.8 Å². The molecule has 0 aliphatic heterocycles. The van der Waals surface area contributed by atoms with Gasteiger partial charge in [-0.1, -0.05) is 6.07 Å². The van der Waals surface area contributed by atoms with Gasteiger partial charge < -0.3 is 25.4 Å². The second-order valence-electron chi connectivity index (χ2n) is 7.42. The third kappa shape index (κ3) is 12.0. The van der Waals surface area contributed by atoms with Gasteiger partial charge in [0, 0.05) is 20.2 Å². The molecular weight excluding hydrogens is 528 g/mol. The lowest BCUT2D eigenvalue weighted by Crippen LogP contribution is -2.43. The van der Waals surface area contributed by atoms with E-state index in [4.69, 9.17) is 9.47 Å². The maximum Gasteiger partial charge on any atom is 0.416 e. The van der Waals surface area contributed by atoms with E-state index in [1.54, 1.807) is 20.8 Å². The van der Waals surface area contributed by atoms with Crippen LogP contribution in [0, 0.1) is 0 Å². The van der Waals surface area contributed by atoms with Crippen molar-refractivity contribution in [3.8, 4) is 5.75 Å². The molecule has 0 fully saturated rings. The molecule has 3 N–H and O–H groups in total. The molecule has 1 amide bonds. The van der Waals surface area contributed by atoms with Crippen molar-refractivity contribution in [1.82, 2.24) is 16.0 Å². The zero-order chi connectivity index (χ0) is 22.8. The van der Waals surface area contributed by atoms with Crippen LogP contribution in [0.25, 0.3) is 0 Å². The monoisotopic (exact) mass is 560 g/mol. The minimum Gasteiger partial charge on any atom is -0.488 e. The summed E-state index contributed by atoms with van der Waals surface area (Å²) in [6.07, 6.45) is -4.55. The molecule has 0 unspecified atom stereocenters. The number of ether oxygens (including phenoxy) is 2. The number of aliphatic imine (C=N–C) groups is 1. The molecule has 0 spiro atoms. The Kier molecular flexibility index (Phi) is 12.8. The van der Waals surface area contributed by atoms with Crippen LogP contribution in [0.15, 0.2) is 23.2 Å². The van der Waals surface area contributed by atoms with E-state index in [0.29, 0.717) is 19.7 Å². The Labute approximate surface area is 198 Å². The Hall–Kier alpha value is -1.76. The molecule has 0 atom stereocenters. The van der Waals surface area contributed by atoms with E-state index in [2.05, 4.69) is 20.9 Å². The fraction of sp³-hybridized carbons (Fsp3) is 0.600. The van der Waals surface area contributed by atoms with E-state index >= 15 is 0 Å². The quantitative estimate of drug-likeness (QED) is 0.187. The van der Waals surface area contributed by atoms with Gasteiger partial charge in [0.25, 0.3) is 0 Å². The molecule has 178 valence electrons. The summed E-state index contributed by atoms with van der Waals surface area (Å²) in [5.41, 5.74) is -1.42. The third-order valence-corrected chi connectivity index (χ3v) is 3.61. The fourth-order valence-electron chi connectivity index (χ4n) is 2.40. The molecule has 1 aromatic rings. The maximum absolute atomic E-state index is 13.5. The van der Waals surface area contributed by atoms with Crippen LogP contribution < -0.4 is 20.7 Å². The molecule has 1 rings (SSSR count). The molecule has 7 nitrogen and oxygen atoms in total. The average molecular weight is 560 g/mol. The second kappa shape index (κ2) is 13.6. The maximum atomic E-state index is 13.5. The highest BCUT2D eigenvalue weighted by atomic mass is 127. The van der Waals surface area contributed by atoms with Gasteiger partial charge in [-0.25, -0.2) is 4.99 Å². The Morgan fingerprint density at radius 1 is 1.13 bits per heavy atom. The number of amides is 1. The highest BCUT2D eigenvalue weighted by molar-refractivity contribution is 14.0. The van der Waals surface area contributed by atoms with Gasteiger partial charge >= 0.3 is 6.18 Å². The lowest BCUT2D eigenvalue weighted by atomic mass is 10.1. The number of halogens is 4. The number of hydrogen-bond acceptors (Lipinski definition) is 4. The summed E-state index contributed by atoms with van der Waals surface area (Å²) in [6.45, 7) is 8.05. The molecule has 31 heavy (non-hydrogen) atoms. The van der Waals surface area contributed by atoms with Crippen LogP contribution >= 0.6 is 24.0 Å². The number of hydrogen-bond donors (Lipinski definition) is 3. The van der Waals surface area contributed by atoms with E-state index in [1.165, 1.54) is 19.2 Å². The van der Waals surface area contributed by atoms with E-state index < -0.39 is 17.3 Å². The van der Waals surface area contributed by atoms with Gasteiger partial charge in [-0.05, 0) is 45.4 Å². The molecule has 0 heterocycles. The minimum atomic E-state index is -4.55. The molecule has 1 aromatic carbocycles. The molecule has 0 aromatic heterocycles. The number of carbonyl (C=O) groups excluding carboxylic acids is 1. The summed E-state index contributed by atoms with van der Waals surface area (Å²) in [5, 5.41) is 8.34. The molecular formula is C20H32F3IN4O3. The van der Waals surface area contributed by atoms with Crippen molar-refractivity contribution in [3.05, 3.63) is 29.3 Å². The van der Waals surface area contributed by atoms with Crippen LogP contribution in [0.2, 0.25) is 0 Å². The SMILES string of the molecule is CCNC(=NCc1ccc(OC(C)(C)C)cc1C(F)(F)F)NCC(=O)NCCOC.I. The Balaban J connectivity index is 0.00000900. The normalized spacial score (nSPS) is 12.1. The number of benzene rings is 1. The minimum absolute atomic E-state index is 0. The lowest BCUT2D eigenvalue weighted by Gasteiger charge is -2.22. The average Bonchev–Trinajstić information content (AvgIpc) is 2.63. The fourth-order valence-corrected chi connectivity index (χ4v) is 2.40. The van der Waals surface area contributed by atoms with E-state index in [1.807, 2.05) is 6.92 Å². The summed E-state index contributed by atoms with van der Waals surface area (Å²) in [4.78, 5) is 15.9. The molecule has 0 bridgehead atoms. The van der Waals surface area contributed by atoms with Crippen LogP contribution in [0.1, 0.15) is 38.8 Å². The Morgan fingerprint density at radius 3 is 2.35 bits per heavy atom. The predicted octanol–water partition coefficient (Wildman–Crippen LogP) is 3.32. The van der Waals surface area contributed by atoms with Crippen LogP contribution in [-0.2, 0) is 22.3 Å². The Bertz CT molecular complexity index is 723. The Morgan fingerprint density at radius 2 is 1.81 bits per heavy atom. The number of nitrogens with zero attached hydrogens (tertiary/aromatic N) is 1. The zero-order valence-electron chi connectivity index (χ0n) is 18.5. The van der Waals surface area contributed by atoms with Gasteiger partial charge in [-0.3, -0.25) is 4.79 Å². The number of carbonyl (C=O) groups is 1. The van der Waals surface area contributed by atoms with Crippen molar-refractivity contribution in [2.45, 2.75) is 46.0 Å². The number of nitrogens with one attached hydrogen (secondary N) is 3. The molecule has 0 saturated carbocycles. The number of guanidine groups is 1. The molecule has 0 saturated heterocycles. The third-order valence-electron chi connectivity index (χ3n) is 3.61. The highest BCUT2D eigenvalue weighted by Crippen LogP contribution is 2.35. The zero-order valence-corrected chi connectivity index (χ0v) is 20.8. The predicted molar refractivity (Wildman–Crippen MR) is 125 cm³/mol. The highest BCUT2D eigenvalue weighted by Gasteiger charge is 2.34. The summed E-state index contributed by atoms with van der Waals surface area (Å²) in [5.74, 6) is 0.0974. The van der Waals surface area contributed by atoms with Crippen molar-refractivity contribution < 1.29 is 27.4 Å². The van der Waals surface area contributed by atoms with Crippen molar-refractivity contribution in [2.75, 3.05) is 33.4 Å². The summed E-state index contributed by atoms with van der Waals surface area (Å²) < 4.78 is 51.0. The van der Waals surface area contributed by atoms with Gasteiger partial charge in [0.15, 0.2) is 5.96 Å². The molecule has 0 radical (unpaired) electrons. The van der Waals surface area contributed by atoms with E-state index in [9.17, 15) is 18.0 Å². The van der Waals surface area contributed by atoms with Crippen LogP contribution in [-0.4, -0.2) is 50.8 Å². The molecule has 11 heteroatoms. The van der Waals surface area contributed by atoms with Gasteiger partial charge in [0.2, 0.25) is 5.91 Å². The van der Waals surface area contributed by atoms with Crippen LogP contribution in [0.4, 0.5) is 13.2 Å². The first kappa shape index (κ1) is 29.2. The van der Waals surface area contributed by atoms with Crippen molar-refractivity contribution in [2.24, 2.45) is 4.99 Å². The first-order valence-electron chi connectivity index (χ1n) is 9.63.